The predicted octanol–water partition coefficient (Wildman–Crippen LogP) is 3.76. The lowest BCUT2D eigenvalue weighted by atomic mass is 10.2. The van der Waals surface area contributed by atoms with E-state index in [9.17, 15) is 0 Å². The Bertz CT molecular complexity index is 741. The Hall–Kier alpha value is -1.92. The summed E-state index contributed by atoms with van der Waals surface area (Å²) in [6.45, 7) is 2.05. The van der Waals surface area contributed by atoms with Crippen molar-refractivity contribution >= 4 is 23.4 Å². The number of aromatic nitrogens is 3. The number of benzene rings is 1. The Labute approximate surface area is 131 Å². The average Bonchev–Trinajstić information content (AvgIpc) is 3.10. The Kier molecular flexibility index (Phi) is 3.90. The van der Waals surface area contributed by atoms with Crippen molar-refractivity contribution in [2.75, 3.05) is 5.84 Å². The molecule has 0 aliphatic carbocycles. The van der Waals surface area contributed by atoms with Crippen LogP contribution in [-0.4, -0.2) is 14.9 Å². The highest BCUT2D eigenvalue weighted by Crippen LogP contribution is 2.37. The Balaban J connectivity index is 1.85. The summed E-state index contributed by atoms with van der Waals surface area (Å²) in [6.07, 6.45) is 1.57. The van der Waals surface area contributed by atoms with Gasteiger partial charge >= 0.3 is 0 Å². The lowest BCUT2D eigenvalue weighted by Gasteiger charge is -2.12. The molecule has 0 radical (unpaired) electrons. The quantitative estimate of drug-likeness (QED) is 0.585. The molecule has 0 aliphatic heterocycles. The first-order chi connectivity index (χ1) is 10.2. The summed E-state index contributed by atoms with van der Waals surface area (Å²) < 4.78 is 6.72. The van der Waals surface area contributed by atoms with Crippen LogP contribution in [0.1, 0.15) is 17.7 Å². The average molecular weight is 321 g/mol. The molecular formula is C14H13ClN4OS. The van der Waals surface area contributed by atoms with Crippen LogP contribution in [0, 0.1) is 0 Å². The van der Waals surface area contributed by atoms with Gasteiger partial charge in [-0.3, -0.25) is 0 Å². The largest absolute Gasteiger partial charge is 0.461 e. The van der Waals surface area contributed by atoms with Crippen molar-refractivity contribution < 1.29 is 4.42 Å². The van der Waals surface area contributed by atoms with Gasteiger partial charge in [-0.2, -0.15) is 0 Å². The third kappa shape index (κ3) is 2.77. The third-order valence-electron chi connectivity index (χ3n) is 3.03. The number of thioether (sulfide) groups is 1. The highest BCUT2D eigenvalue weighted by molar-refractivity contribution is 7.99. The normalized spacial score (nSPS) is 12.5. The Morgan fingerprint density at radius 2 is 2.05 bits per heavy atom. The van der Waals surface area contributed by atoms with Crippen LogP contribution >= 0.6 is 23.4 Å². The van der Waals surface area contributed by atoms with Gasteiger partial charge in [-0.1, -0.05) is 41.6 Å². The summed E-state index contributed by atoms with van der Waals surface area (Å²) in [6, 6.07) is 11.3. The summed E-state index contributed by atoms with van der Waals surface area (Å²) >= 11 is 7.70. The first-order valence-electron chi connectivity index (χ1n) is 6.32. The van der Waals surface area contributed by atoms with Gasteiger partial charge in [0.2, 0.25) is 11.0 Å². The Morgan fingerprint density at radius 1 is 1.24 bits per heavy atom. The second-order valence-electron chi connectivity index (χ2n) is 4.44. The van der Waals surface area contributed by atoms with Crippen LogP contribution in [0.3, 0.4) is 0 Å². The standard InChI is InChI=1S/C14H13ClN4OS/c1-9(10-5-2-3-6-11(10)15)21-14-18-17-13(19(14)16)12-7-4-8-20-12/h2-9H,16H2,1H3/t9-/m0/s1. The molecule has 2 heterocycles. The van der Waals surface area contributed by atoms with E-state index in [1.165, 1.54) is 16.4 Å². The fourth-order valence-electron chi connectivity index (χ4n) is 1.96. The van der Waals surface area contributed by atoms with Crippen LogP contribution in [0.15, 0.2) is 52.2 Å². The van der Waals surface area contributed by atoms with Crippen molar-refractivity contribution in [3.8, 4) is 11.6 Å². The summed E-state index contributed by atoms with van der Waals surface area (Å²) in [5.74, 6) is 7.12. The second-order valence-corrected chi connectivity index (χ2v) is 6.15. The van der Waals surface area contributed by atoms with Gasteiger partial charge in [0.25, 0.3) is 0 Å². The Morgan fingerprint density at radius 3 is 2.76 bits per heavy atom. The van der Waals surface area contributed by atoms with E-state index in [2.05, 4.69) is 10.2 Å². The van der Waals surface area contributed by atoms with Crippen LogP contribution < -0.4 is 5.84 Å². The van der Waals surface area contributed by atoms with E-state index in [0.29, 0.717) is 16.7 Å². The van der Waals surface area contributed by atoms with E-state index in [4.69, 9.17) is 21.9 Å². The number of nitrogen functional groups attached to an aromatic ring is 1. The zero-order valence-electron chi connectivity index (χ0n) is 11.2. The zero-order chi connectivity index (χ0) is 14.8. The van der Waals surface area contributed by atoms with Crippen LogP contribution in [0.2, 0.25) is 5.02 Å². The van der Waals surface area contributed by atoms with Gasteiger partial charge in [0.1, 0.15) is 0 Å². The van der Waals surface area contributed by atoms with E-state index in [0.717, 1.165) is 10.6 Å². The molecule has 0 saturated carbocycles. The number of nitrogens with zero attached hydrogens (tertiary/aromatic N) is 3. The molecular weight excluding hydrogens is 308 g/mol. The molecule has 3 rings (SSSR count). The first-order valence-corrected chi connectivity index (χ1v) is 7.58. The molecule has 0 spiro atoms. The molecule has 21 heavy (non-hydrogen) atoms. The summed E-state index contributed by atoms with van der Waals surface area (Å²) in [5, 5.41) is 9.62. The molecule has 0 amide bonds. The number of rotatable bonds is 4. The van der Waals surface area contributed by atoms with Crippen LogP contribution in [0.25, 0.3) is 11.6 Å². The minimum absolute atomic E-state index is 0.106. The molecule has 2 aromatic heterocycles. The van der Waals surface area contributed by atoms with Gasteiger partial charge in [0, 0.05) is 10.3 Å². The molecule has 5 nitrogen and oxygen atoms in total. The molecule has 108 valence electrons. The predicted molar refractivity (Wildman–Crippen MR) is 83.6 cm³/mol. The fraction of sp³-hybridized carbons (Fsp3) is 0.143. The summed E-state index contributed by atoms with van der Waals surface area (Å²) in [4.78, 5) is 0. The zero-order valence-corrected chi connectivity index (χ0v) is 12.8. The number of hydrogen-bond donors (Lipinski definition) is 1. The van der Waals surface area contributed by atoms with E-state index in [1.54, 1.807) is 18.4 Å². The molecule has 0 bridgehead atoms. The highest BCUT2D eigenvalue weighted by Gasteiger charge is 2.18. The lowest BCUT2D eigenvalue weighted by Crippen LogP contribution is -2.11. The minimum Gasteiger partial charge on any atom is -0.461 e. The van der Waals surface area contributed by atoms with Crippen LogP contribution in [0.5, 0.6) is 0 Å². The van der Waals surface area contributed by atoms with Gasteiger partial charge in [0.15, 0.2) is 5.76 Å². The summed E-state index contributed by atoms with van der Waals surface area (Å²) in [5.41, 5.74) is 1.03. The van der Waals surface area contributed by atoms with Crippen LogP contribution in [0.4, 0.5) is 0 Å². The molecule has 0 unspecified atom stereocenters. The van der Waals surface area contributed by atoms with Crippen molar-refractivity contribution in [2.45, 2.75) is 17.3 Å². The lowest BCUT2D eigenvalue weighted by molar-refractivity contribution is 0.574. The third-order valence-corrected chi connectivity index (χ3v) is 4.47. The molecule has 0 saturated heterocycles. The molecule has 3 aromatic rings. The maximum absolute atomic E-state index is 6.21. The second kappa shape index (κ2) is 5.83. The smallest absolute Gasteiger partial charge is 0.218 e. The van der Waals surface area contributed by atoms with E-state index in [-0.39, 0.29) is 5.25 Å². The number of halogens is 1. The van der Waals surface area contributed by atoms with E-state index < -0.39 is 0 Å². The minimum atomic E-state index is 0.106. The van der Waals surface area contributed by atoms with Crippen molar-refractivity contribution in [3.05, 3.63) is 53.2 Å². The first kappa shape index (κ1) is 14.0. The molecule has 1 atom stereocenters. The fourth-order valence-corrected chi connectivity index (χ4v) is 3.26. The maximum Gasteiger partial charge on any atom is 0.218 e. The molecule has 7 heteroatoms. The molecule has 0 fully saturated rings. The highest BCUT2D eigenvalue weighted by atomic mass is 35.5. The van der Waals surface area contributed by atoms with Gasteiger partial charge < -0.3 is 10.3 Å². The van der Waals surface area contributed by atoms with E-state index >= 15 is 0 Å². The number of hydrogen-bond acceptors (Lipinski definition) is 5. The molecule has 0 aliphatic rings. The van der Waals surface area contributed by atoms with Crippen LogP contribution in [-0.2, 0) is 0 Å². The monoisotopic (exact) mass is 320 g/mol. The van der Waals surface area contributed by atoms with Gasteiger partial charge in [-0.15, -0.1) is 10.2 Å². The number of furan rings is 1. The number of nitrogens with two attached hydrogens (primary N) is 1. The maximum atomic E-state index is 6.21. The SMILES string of the molecule is C[C@H](Sc1nnc(-c2ccco2)n1N)c1ccccc1Cl. The van der Waals surface area contributed by atoms with Gasteiger partial charge in [0.05, 0.1) is 6.26 Å². The van der Waals surface area contributed by atoms with Crippen molar-refractivity contribution in [2.24, 2.45) is 0 Å². The van der Waals surface area contributed by atoms with Gasteiger partial charge in [-0.25, -0.2) is 4.68 Å². The summed E-state index contributed by atoms with van der Waals surface area (Å²) in [7, 11) is 0. The van der Waals surface area contributed by atoms with Crippen molar-refractivity contribution in [3.63, 3.8) is 0 Å². The molecule has 1 aromatic carbocycles. The van der Waals surface area contributed by atoms with Crippen molar-refractivity contribution in [1.82, 2.24) is 14.9 Å². The van der Waals surface area contributed by atoms with Gasteiger partial charge in [-0.05, 0) is 30.7 Å². The van der Waals surface area contributed by atoms with Crippen molar-refractivity contribution in [1.29, 1.82) is 0 Å². The van der Waals surface area contributed by atoms with E-state index in [1.807, 2.05) is 31.2 Å². The topological polar surface area (TPSA) is 69.9 Å². The molecule has 2 N–H and O–H groups in total.